The Kier molecular flexibility index (Phi) is 3.68. The van der Waals surface area contributed by atoms with Crippen molar-refractivity contribution in [3.63, 3.8) is 0 Å². The summed E-state index contributed by atoms with van der Waals surface area (Å²) in [6.45, 7) is 4.01. The van der Waals surface area contributed by atoms with Crippen molar-refractivity contribution in [1.29, 1.82) is 0 Å². The second kappa shape index (κ2) is 5.74. The van der Waals surface area contributed by atoms with Crippen LogP contribution in [0.5, 0.6) is 0 Å². The molecule has 0 radical (unpaired) electrons. The lowest BCUT2D eigenvalue weighted by Crippen LogP contribution is -2.35. The number of anilines is 2. The average Bonchev–Trinajstić information content (AvgIpc) is 3.26. The summed E-state index contributed by atoms with van der Waals surface area (Å²) in [4.78, 5) is 27.6. The van der Waals surface area contributed by atoms with Gasteiger partial charge in [-0.3, -0.25) is 9.59 Å². The van der Waals surface area contributed by atoms with Crippen LogP contribution in [0.4, 0.5) is 10.7 Å². The van der Waals surface area contributed by atoms with Gasteiger partial charge in [0.15, 0.2) is 0 Å². The number of fused-ring (bicyclic) bond motifs is 1. The average molecular weight is 340 g/mol. The van der Waals surface area contributed by atoms with Gasteiger partial charge in [-0.1, -0.05) is 18.2 Å². The number of carbonyl (C=O) groups is 2. The fourth-order valence-corrected chi connectivity index (χ4v) is 4.32. The highest BCUT2D eigenvalue weighted by Gasteiger charge is 2.33. The molecule has 0 bridgehead atoms. The Bertz CT molecular complexity index is 823. The Morgan fingerprint density at radius 1 is 1.25 bits per heavy atom. The van der Waals surface area contributed by atoms with Gasteiger partial charge in [-0.2, -0.15) is 0 Å². The van der Waals surface area contributed by atoms with Crippen LogP contribution < -0.4 is 10.2 Å². The SMILES string of the molecule is Cc1cc(NC(=O)C2CC2)sc1C(=O)N1c2ccccc2CC1C. The lowest BCUT2D eigenvalue weighted by Gasteiger charge is -2.22. The van der Waals surface area contributed by atoms with Gasteiger partial charge in [0.1, 0.15) is 0 Å². The second-order valence-electron chi connectivity index (χ2n) is 6.74. The number of thiophene rings is 1. The monoisotopic (exact) mass is 340 g/mol. The quantitative estimate of drug-likeness (QED) is 0.918. The Labute approximate surface area is 145 Å². The van der Waals surface area contributed by atoms with Crippen molar-refractivity contribution in [3.05, 3.63) is 46.3 Å². The lowest BCUT2D eigenvalue weighted by atomic mass is 10.1. The number of carbonyl (C=O) groups excluding carboxylic acids is 2. The molecule has 24 heavy (non-hydrogen) atoms. The predicted octanol–water partition coefficient (Wildman–Crippen LogP) is 4.00. The summed E-state index contributed by atoms with van der Waals surface area (Å²) in [6, 6.07) is 10.1. The minimum absolute atomic E-state index is 0.0295. The molecule has 1 saturated carbocycles. The Morgan fingerprint density at radius 3 is 2.75 bits per heavy atom. The van der Waals surface area contributed by atoms with E-state index in [-0.39, 0.29) is 23.8 Å². The van der Waals surface area contributed by atoms with E-state index in [9.17, 15) is 9.59 Å². The number of aryl methyl sites for hydroxylation is 1. The molecule has 1 aliphatic heterocycles. The number of hydrogen-bond donors (Lipinski definition) is 1. The first-order valence-electron chi connectivity index (χ1n) is 8.37. The van der Waals surface area contributed by atoms with Crippen LogP contribution in [0.1, 0.15) is 40.6 Å². The van der Waals surface area contributed by atoms with E-state index in [0.717, 1.165) is 35.5 Å². The Hall–Kier alpha value is -2.14. The topological polar surface area (TPSA) is 49.4 Å². The molecule has 1 aromatic carbocycles. The number of nitrogens with one attached hydrogen (secondary N) is 1. The maximum Gasteiger partial charge on any atom is 0.268 e. The Balaban J connectivity index is 1.60. The largest absolute Gasteiger partial charge is 0.317 e. The van der Waals surface area contributed by atoms with E-state index in [1.807, 2.05) is 36.1 Å². The van der Waals surface area contributed by atoms with Crippen LogP contribution in [-0.2, 0) is 11.2 Å². The van der Waals surface area contributed by atoms with Crippen LogP contribution in [0.2, 0.25) is 0 Å². The number of amides is 2. The molecule has 4 rings (SSSR count). The summed E-state index contributed by atoms with van der Waals surface area (Å²) < 4.78 is 0. The molecule has 2 aliphatic rings. The highest BCUT2D eigenvalue weighted by molar-refractivity contribution is 7.18. The van der Waals surface area contributed by atoms with Gasteiger partial charge in [0.05, 0.1) is 9.88 Å². The molecule has 2 aromatic rings. The van der Waals surface area contributed by atoms with Crippen LogP contribution in [0.25, 0.3) is 0 Å². The highest BCUT2D eigenvalue weighted by Crippen LogP contribution is 2.37. The summed E-state index contributed by atoms with van der Waals surface area (Å²) in [5.74, 6) is 0.272. The molecule has 1 fully saturated rings. The normalized spacial score (nSPS) is 19.2. The van der Waals surface area contributed by atoms with Crippen molar-refractivity contribution in [2.75, 3.05) is 10.2 Å². The summed E-state index contributed by atoms with van der Waals surface area (Å²) in [7, 11) is 0. The molecular formula is C19H20N2O2S. The first kappa shape index (κ1) is 15.4. The van der Waals surface area contributed by atoms with E-state index in [1.54, 1.807) is 0 Å². The molecule has 2 heterocycles. The smallest absolute Gasteiger partial charge is 0.268 e. The van der Waals surface area contributed by atoms with E-state index >= 15 is 0 Å². The second-order valence-corrected chi connectivity index (χ2v) is 7.80. The van der Waals surface area contributed by atoms with Gasteiger partial charge < -0.3 is 10.2 Å². The van der Waals surface area contributed by atoms with Crippen molar-refractivity contribution in [2.24, 2.45) is 5.92 Å². The zero-order chi connectivity index (χ0) is 16.8. The molecule has 1 N–H and O–H groups in total. The van der Waals surface area contributed by atoms with Gasteiger partial charge >= 0.3 is 0 Å². The minimum Gasteiger partial charge on any atom is -0.317 e. The van der Waals surface area contributed by atoms with Crippen LogP contribution in [0.15, 0.2) is 30.3 Å². The van der Waals surface area contributed by atoms with Crippen LogP contribution >= 0.6 is 11.3 Å². The van der Waals surface area contributed by atoms with Gasteiger partial charge in [0.25, 0.3) is 5.91 Å². The lowest BCUT2D eigenvalue weighted by molar-refractivity contribution is -0.117. The molecule has 4 nitrogen and oxygen atoms in total. The number of benzene rings is 1. The number of rotatable bonds is 3. The van der Waals surface area contributed by atoms with Crippen molar-refractivity contribution >= 4 is 33.8 Å². The first-order chi connectivity index (χ1) is 11.5. The van der Waals surface area contributed by atoms with Gasteiger partial charge in [-0.25, -0.2) is 0 Å². The van der Waals surface area contributed by atoms with Crippen molar-refractivity contribution in [2.45, 2.75) is 39.2 Å². The van der Waals surface area contributed by atoms with Crippen molar-refractivity contribution in [3.8, 4) is 0 Å². The summed E-state index contributed by atoms with van der Waals surface area (Å²) in [5.41, 5.74) is 3.15. The third kappa shape index (κ3) is 2.63. The maximum absolute atomic E-state index is 13.1. The van der Waals surface area contributed by atoms with Gasteiger partial charge in [-0.15, -0.1) is 11.3 Å². The minimum atomic E-state index is 0.0295. The fourth-order valence-electron chi connectivity index (χ4n) is 3.31. The molecule has 0 spiro atoms. The summed E-state index contributed by atoms with van der Waals surface area (Å²) in [5, 5.41) is 3.72. The zero-order valence-corrected chi connectivity index (χ0v) is 14.7. The number of hydrogen-bond acceptors (Lipinski definition) is 3. The molecular weight excluding hydrogens is 320 g/mol. The highest BCUT2D eigenvalue weighted by atomic mass is 32.1. The molecule has 2 amide bonds. The van der Waals surface area contributed by atoms with Gasteiger partial charge in [0.2, 0.25) is 5.91 Å². The van der Waals surface area contributed by atoms with Crippen molar-refractivity contribution in [1.82, 2.24) is 0 Å². The van der Waals surface area contributed by atoms with Gasteiger partial charge in [0, 0.05) is 17.6 Å². The van der Waals surface area contributed by atoms with Crippen LogP contribution in [0, 0.1) is 12.8 Å². The van der Waals surface area contributed by atoms with E-state index in [1.165, 1.54) is 16.9 Å². The maximum atomic E-state index is 13.1. The van der Waals surface area contributed by atoms with E-state index in [0.29, 0.717) is 4.88 Å². The van der Waals surface area contributed by atoms with Gasteiger partial charge in [-0.05, 0) is 56.4 Å². The first-order valence-corrected chi connectivity index (χ1v) is 9.19. The molecule has 1 unspecified atom stereocenters. The summed E-state index contributed by atoms with van der Waals surface area (Å²) in [6.07, 6.45) is 2.84. The third-order valence-corrected chi connectivity index (χ3v) is 5.87. The van der Waals surface area contributed by atoms with E-state index in [4.69, 9.17) is 0 Å². The fraction of sp³-hybridized carbons (Fsp3) is 0.368. The van der Waals surface area contributed by atoms with E-state index < -0.39 is 0 Å². The third-order valence-electron chi connectivity index (χ3n) is 4.73. The predicted molar refractivity (Wildman–Crippen MR) is 96.8 cm³/mol. The molecule has 0 saturated heterocycles. The standard InChI is InChI=1S/C19H20N2O2S/c1-11-9-16(20-18(22)13-7-8-13)24-17(11)19(23)21-12(2)10-14-5-3-4-6-15(14)21/h3-6,9,12-13H,7-8,10H2,1-2H3,(H,20,22). The zero-order valence-electron chi connectivity index (χ0n) is 13.8. The molecule has 124 valence electrons. The Morgan fingerprint density at radius 2 is 2.00 bits per heavy atom. The number of para-hydroxylation sites is 1. The molecule has 5 heteroatoms. The van der Waals surface area contributed by atoms with Crippen LogP contribution in [-0.4, -0.2) is 17.9 Å². The van der Waals surface area contributed by atoms with Crippen LogP contribution in [0.3, 0.4) is 0 Å². The molecule has 1 aromatic heterocycles. The van der Waals surface area contributed by atoms with Crippen molar-refractivity contribution < 1.29 is 9.59 Å². The summed E-state index contributed by atoms with van der Waals surface area (Å²) >= 11 is 1.38. The molecule has 1 aliphatic carbocycles. The number of nitrogens with zero attached hydrogens (tertiary/aromatic N) is 1. The molecule has 1 atom stereocenters. The van der Waals surface area contributed by atoms with E-state index in [2.05, 4.69) is 18.3 Å².